The number of rotatable bonds is 8. The monoisotopic (exact) mass is 475 g/mol. The Morgan fingerprint density at radius 3 is 2.37 bits per heavy atom. The van der Waals surface area contributed by atoms with E-state index >= 15 is 0 Å². The standard InChI is InChI=1S/C27H26FN3O4/c1-34-24-15-19-14-20(26(32)29-23(19)16-25(24)35-2)17-31(13-12-18-8-4-3-5-9-18)27(33)30-22-11-7-6-10-21(22)28/h3-11,14-16H,12-13,17H2,1-2H3,(H,29,32)(H,30,33). The predicted octanol–water partition coefficient (Wildman–Crippen LogP) is 4.96. The number of H-pyrrole nitrogens is 1. The van der Waals surface area contributed by atoms with Gasteiger partial charge < -0.3 is 24.7 Å². The Morgan fingerprint density at radius 2 is 1.66 bits per heavy atom. The maximum atomic E-state index is 14.2. The Hall–Kier alpha value is -4.33. The van der Waals surface area contributed by atoms with E-state index in [1.165, 1.54) is 31.3 Å². The summed E-state index contributed by atoms with van der Waals surface area (Å²) in [7, 11) is 3.06. The van der Waals surface area contributed by atoms with Gasteiger partial charge in [0, 0.05) is 23.6 Å². The zero-order chi connectivity index (χ0) is 24.8. The van der Waals surface area contributed by atoms with Gasteiger partial charge in [0.05, 0.1) is 32.0 Å². The highest BCUT2D eigenvalue weighted by Crippen LogP contribution is 2.31. The highest BCUT2D eigenvalue weighted by molar-refractivity contribution is 5.89. The number of hydrogen-bond donors (Lipinski definition) is 2. The van der Waals surface area contributed by atoms with Crippen LogP contribution in [0.15, 0.2) is 77.6 Å². The van der Waals surface area contributed by atoms with Gasteiger partial charge in [0.2, 0.25) is 0 Å². The lowest BCUT2D eigenvalue weighted by Crippen LogP contribution is -2.37. The number of carbonyl (C=O) groups excluding carboxylic acids is 1. The molecule has 8 heteroatoms. The summed E-state index contributed by atoms with van der Waals surface area (Å²) in [4.78, 5) is 30.4. The molecular weight excluding hydrogens is 449 g/mol. The summed E-state index contributed by atoms with van der Waals surface area (Å²) in [5.74, 6) is 0.488. The number of aromatic nitrogens is 1. The van der Waals surface area contributed by atoms with E-state index in [0.29, 0.717) is 35.5 Å². The zero-order valence-electron chi connectivity index (χ0n) is 19.5. The van der Waals surface area contributed by atoms with Gasteiger partial charge in [-0.2, -0.15) is 0 Å². The lowest BCUT2D eigenvalue weighted by Gasteiger charge is -2.23. The van der Waals surface area contributed by atoms with Crippen LogP contribution in [0.25, 0.3) is 10.9 Å². The number of ether oxygens (including phenoxy) is 2. The Kier molecular flexibility index (Phi) is 7.30. The summed E-state index contributed by atoms with van der Waals surface area (Å²) in [5, 5.41) is 3.35. The van der Waals surface area contributed by atoms with Gasteiger partial charge in [0.15, 0.2) is 11.5 Å². The van der Waals surface area contributed by atoms with E-state index in [2.05, 4.69) is 10.3 Å². The lowest BCUT2D eigenvalue weighted by molar-refractivity contribution is 0.209. The van der Waals surface area contributed by atoms with E-state index in [1.54, 1.807) is 30.3 Å². The molecule has 7 nitrogen and oxygen atoms in total. The number of fused-ring (bicyclic) bond motifs is 1. The minimum Gasteiger partial charge on any atom is -0.493 e. The van der Waals surface area contributed by atoms with Crippen molar-refractivity contribution in [3.05, 3.63) is 100 Å². The fourth-order valence-electron chi connectivity index (χ4n) is 3.82. The fourth-order valence-corrected chi connectivity index (χ4v) is 3.82. The molecule has 0 aliphatic carbocycles. The van der Waals surface area contributed by atoms with Crippen LogP contribution in [-0.4, -0.2) is 36.7 Å². The van der Waals surface area contributed by atoms with Crippen molar-refractivity contribution in [3.63, 3.8) is 0 Å². The Labute approximate surface area is 202 Å². The first-order valence-corrected chi connectivity index (χ1v) is 11.1. The van der Waals surface area contributed by atoms with Gasteiger partial charge in [-0.15, -0.1) is 0 Å². The molecule has 0 bridgehead atoms. The van der Waals surface area contributed by atoms with Crippen LogP contribution in [-0.2, 0) is 13.0 Å². The van der Waals surface area contributed by atoms with Crippen molar-refractivity contribution in [1.29, 1.82) is 0 Å². The average Bonchev–Trinajstić information content (AvgIpc) is 2.87. The number of nitrogens with one attached hydrogen (secondary N) is 2. The largest absolute Gasteiger partial charge is 0.493 e. The first-order chi connectivity index (χ1) is 17.0. The molecule has 1 aromatic heterocycles. The highest BCUT2D eigenvalue weighted by atomic mass is 19.1. The molecule has 4 aromatic rings. The quantitative estimate of drug-likeness (QED) is 0.377. The molecule has 0 saturated carbocycles. The molecule has 0 atom stereocenters. The number of hydrogen-bond acceptors (Lipinski definition) is 4. The smallest absolute Gasteiger partial charge is 0.322 e. The number of pyridine rings is 1. The zero-order valence-corrected chi connectivity index (χ0v) is 19.5. The Balaban J connectivity index is 1.64. The number of halogens is 1. The van der Waals surface area contributed by atoms with Gasteiger partial charge >= 0.3 is 6.03 Å². The second-order valence-electron chi connectivity index (χ2n) is 7.99. The number of urea groups is 1. The van der Waals surface area contributed by atoms with Crippen molar-refractivity contribution in [3.8, 4) is 11.5 Å². The van der Waals surface area contributed by atoms with Gasteiger partial charge in [0.25, 0.3) is 5.56 Å². The molecule has 0 spiro atoms. The number of carbonyl (C=O) groups is 1. The maximum absolute atomic E-state index is 14.2. The molecule has 0 saturated heterocycles. The molecule has 2 amide bonds. The second-order valence-corrected chi connectivity index (χ2v) is 7.99. The van der Waals surface area contributed by atoms with Gasteiger partial charge in [-0.05, 0) is 36.2 Å². The van der Waals surface area contributed by atoms with Crippen LogP contribution in [0.1, 0.15) is 11.1 Å². The molecule has 35 heavy (non-hydrogen) atoms. The number of benzene rings is 3. The topological polar surface area (TPSA) is 83.7 Å². The van der Waals surface area contributed by atoms with Crippen LogP contribution in [0.2, 0.25) is 0 Å². The molecule has 0 unspecified atom stereocenters. The highest BCUT2D eigenvalue weighted by Gasteiger charge is 2.18. The van der Waals surface area contributed by atoms with Crippen LogP contribution in [0.5, 0.6) is 11.5 Å². The van der Waals surface area contributed by atoms with Crippen molar-refractivity contribution in [2.75, 3.05) is 26.1 Å². The molecule has 0 aliphatic rings. The molecule has 0 radical (unpaired) electrons. The van der Waals surface area contributed by atoms with E-state index in [-0.39, 0.29) is 17.8 Å². The minimum absolute atomic E-state index is 0.0345. The van der Waals surface area contributed by atoms with Crippen molar-refractivity contribution in [1.82, 2.24) is 9.88 Å². The molecule has 4 rings (SSSR count). The van der Waals surface area contributed by atoms with Crippen LogP contribution in [0, 0.1) is 5.82 Å². The van der Waals surface area contributed by atoms with Gasteiger partial charge in [-0.25, -0.2) is 9.18 Å². The third kappa shape index (κ3) is 5.60. The summed E-state index contributed by atoms with van der Waals surface area (Å²) in [6.07, 6.45) is 0.571. The van der Waals surface area contributed by atoms with E-state index < -0.39 is 11.8 Å². The Bertz CT molecular complexity index is 1390. The van der Waals surface area contributed by atoms with E-state index in [4.69, 9.17) is 9.47 Å². The van der Waals surface area contributed by atoms with Crippen molar-refractivity contribution in [2.45, 2.75) is 13.0 Å². The maximum Gasteiger partial charge on any atom is 0.322 e. The van der Waals surface area contributed by atoms with Crippen LogP contribution in [0.3, 0.4) is 0 Å². The Morgan fingerprint density at radius 1 is 0.971 bits per heavy atom. The summed E-state index contributed by atoms with van der Waals surface area (Å²) < 4.78 is 24.8. The van der Waals surface area contributed by atoms with E-state index in [9.17, 15) is 14.0 Å². The molecule has 0 aliphatic heterocycles. The number of para-hydroxylation sites is 1. The summed E-state index contributed by atoms with van der Waals surface area (Å²) in [6.45, 7) is 0.362. The van der Waals surface area contributed by atoms with Crippen LogP contribution in [0.4, 0.5) is 14.9 Å². The number of anilines is 1. The number of methoxy groups -OCH3 is 2. The van der Waals surface area contributed by atoms with E-state index in [1.807, 2.05) is 30.3 Å². The fraction of sp³-hybridized carbons (Fsp3) is 0.185. The normalized spacial score (nSPS) is 10.7. The van der Waals surface area contributed by atoms with Gasteiger partial charge in [-0.1, -0.05) is 42.5 Å². The number of nitrogens with zero attached hydrogens (tertiary/aromatic N) is 1. The van der Waals surface area contributed by atoms with Crippen molar-refractivity contribution in [2.24, 2.45) is 0 Å². The first kappa shape index (κ1) is 23.8. The van der Waals surface area contributed by atoms with E-state index in [0.717, 1.165) is 10.9 Å². The predicted molar refractivity (Wildman–Crippen MR) is 134 cm³/mol. The average molecular weight is 476 g/mol. The SMILES string of the molecule is COc1cc2cc(CN(CCc3ccccc3)C(=O)Nc3ccccc3F)c(=O)[nH]c2cc1OC. The molecule has 3 aromatic carbocycles. The molecule has 180 valence electrons. The summed E-state index contributed by atoms with van der Waals surface area (Å²) >= 11 is 0. The molecule has 0 fully saturated rings. The third-order valence-corrected chi connectivity index (χ3v) is 5.70. The number of aromatic amines is 1. The van der Waals surface area contributed by atoms with Crippen LogP contribution < -0.4 is 20.3 Å². The van der Waals surface area contributed by atoms with Crippen molar-refractivity contribution < 1.29 is 18.7 Å². The third-order valence-electron chi connectivity index (χ3n) is 5.70. The summed E-state index contributed by atoms with van der Waals surface area (Å²) in [5.41, 5.74) is 1.77. The number of amides is 2. The first-order valence-electron chi connectivity index (χ1n) is 11.1. The van der Waals surface area contributed by atoms with Gasteiger partial charge in [-0.3, -0.25) is 4.79 Å². The second kappa shape index (κ2) is 10.7. The molecule has 1 heterocycles. The van der Waals surface area contributed by atoms with Crippen molar-refractivity contribution >= 4 is 22.6 Å². The minimum atomic E-state index is -0.534. The van der Waals surface area contributed by atoms with Gasteiger partial charge in [0.1, 0.15) is 5.82 Å². The molecule has 2 N–H and O–H groups in total. The summed E-state index contributed by atoms with van der Waals surface area (Å²) in [6, 6.07) is 20.3. The van der Waals surface area contributed by atoms with Crippen LogP contribution >= 0.6 is 0 Å². The molecular formula is C27H26FN3O4. The lowest BCUT2D eigenvalue weighted by atomic mass is 10.1.